The first kappa shape index (κ1) is 31.6. The zero-order valence-electron chi connectivity index (χ0n) is 28.2. The number of hydrogen-bond acceptors (Lipinski definition) is 2. The van der Waals surface area contributed by atoms with Gasteiger partial charge in [0.2, 0.25) is 0 Å². The van der Waals surface area contributed by atoms with E-state index in [1.165, 1.54) is 20.7 Å². The number of rotatable bonds is 7. The predicted molar refractivity (Wildman–Crippen MR) is 217 cm³/mol. The van der Waals surface area contributed by atoms with Gasteiger partial charge in [-0.25, -0.2) is 0 Å². The number of phenols is 2. The Morgan fingerprint density at radius 1 is 0.340 bits per heavy atom. The topological polar surface area (TPSA) is 40.5 Å². The molecule has 0 aliphatic carbocycles. The van der Waals surface area contributed by atoms with Crippen molar-refractivity contribution in [1.82, 2.24) is 0 Å². The molecule has 0 radical (unpaired) electrons. The first-order valence-corrected chi connectivity index (χ1v) is 22.1. The summed E-state index contributed by atoms with van der Waals surface area (Å²) in [6.07, 6.45) is 0. The molecule has 2 nitrogen and oxygen atoms in total. The Bertz CT molecular complexity index is 2210. The minimum Gasteiger partial charge on any atom is -0.507 e. The predicted octanol–water partition coefficient (Wildman–Crippen LogP) is 7.27. The fourth-order valence-electron chi connectivity index (χ4n) is 7.98. The molecule has 0 spiro atoms. The molecule has 50 heavy (non-hydrogen) atoms. The van der Waals surface area contributed by atoms with Crippen LogP contribution in [-0.4, -0.2) is 26.4 Å². The second-order valence-corrected chi connectivity index (χ2v) is 21.3. The molecule has 0 saturated heterocycles. The molecule has 0 unspecified atom stereocenters. The largest absolute Gasteiger partial charge is 0.507 e. The van der Waals surface area contributed by atoms with Gasteiger partial charge in [-0.05, 0) is 52.7 Å². The van der Waals surface area contributed by atoms with Gasteiger partial charge in [0.25, 0.3) is 0 Å². The van der Waals surface area contributed by atoms with Crippen LogP contribution in [0.2, 0.25) is 13.1 Å². The Labute approximate surface area is 295 Å². The summed E-state index contributed by atoms with van der Waals surface area (Å²) in [5.74, 6) is 0.455. The number of phenolic OH excluding ortho intramolecular Hbond substituents is 2. The van der Waals surface area contributed by atoms with E-state index in [4.69, 9.17) is 0 Å². The molecule has 0 atom stereocenters. The van der Waals surface area contributed by atoms with E-state index in [9.17, 15) is 10.2 Å². The van der Waals surface area contributed by atoms with Crippen LogP contribution in [0.25, 0.3) is 32.7 Å². The highest BCUT2D eigenvalue weighted by Gasteiger charge is 2.40. The Balaban J connectivity index is 1.52. The van der Waals surface area contributed by atoms with Crippen molar-refractivity contribution < 1.29 is 10.2 Å². The zero-order valence-corrected chi connectivity index (χ0v) is 30.2. The fraction of sp³-hybridized carbons (Fsp3) is 0.0435. The Kier molecular flexibility index (Phi) is 7.98. The van der Waals surface area contributed by atoms with Gasteiger partial charge in [0.15, 0.2) is 0 Å². The van der Waals surface area contributed by atoms with Crippen LogP contribution in [-0.2, 0) is 0 Å². The van der Waals surface area contributed by atoms with E-state index in [0.29, 0.717) is 11.1 Å². The average Bonchev–Trinajstić information content (AvgIpc) is 3.18. The van der Waals surface area contributed by atoms with Crippen molar-refractivity contribution in [1.29, 1.82) is 0 Å². The van der Waals surface area contributed by atoms with Gasteiger partial charge in [-0.1, -0.05) is 195 Å². The molecule has 0 aliphatic heterocycles. The molecule has 0 fully saturated rings. The van der Waals surface area contributed by atoms with Crippen molar-refractivity contribution in [3.05, 3.63) is 182 Å². The van der Waals surface area contributed by atoms with Crippen molar-refractivity contribution in [2.75, 3.05) is 0 Å². The van der Waals surface area contributed by atoms with Gasteiger partial charge < -0.3 is 10.2 Å². The summed E-state index contributed by atoms with van der Waals surface area (Å²) in [7, 11) is -5.53. The van der Waals surface area contributed by atoms with Crippen molar-refractivity contribution in [2.45, 2.75) is 13.1 Å². The molecular weight excluding hydrogens is 641 g/mol. The minimum atomic E-state index is -2.77. The van der Waals surface area contributed by atoms with Crippen molar-refractivity contribution in [3.8, 4) is 22.6 Å². The summed E-state index contributed by atoms with van der Waals surface area (Å²) in [4.78, 5) is 0. The summed E-state index contributed by atoms with van der Waals surface area (Å²) >= 11 is 0. The second-order valence-electron chi connectivity index (χ2n) is 13.5. The maximum Gasteiger partial charge on any atom is 0.150 e. The van der Waals surface area contributed by atoms with Crippen LogP contribution in [0, 0.1) is 0 Å². The monoisotopic (exact) mass is 678 g/mol. The van der Waals surface area contributed by atoms with Crippen LogP contribution < -0.4 is 31.1 Å². The van der Waals surface area contributed by atoms with Crippen LogP contribution in [0.1, 0.15) is 0 Å². The van der Waals surface area contributed by atoms with Crippen LogP contribution in [0.5, 0.6) is 11.5 Å². The van der Waals surface area contributed by atoms with E-state index in [1.807, 2.05) is 36.4 Å². The number of benzene rings is 8. The lowest BCUT2D eigenvalue weighted by Crippen LogP contribution is -2.65. The molecule has 0 aromatic heterocycles. The van der Waals surface area contributed by atoms with Crippen LogP contribution in [0.3, 0.4) is 0 Å². The number of hydrogen-bond donors (Lipinski definition) is 2. The van der Waals surface area contributed by atoms with Gasteiger partial charge >= 0.3 is 0 Å². The van der Waals surface area contributed by atoms with Crippen LogP contribution in [0.15, 0.2) is 182 Å². The quantitative estimate of drug-likeness (QED) is 0.138. The molecule has 8 rings (SSSR count). The van der Waals surface area contributed by atoms with E-state index in [1.54, 1.807) is 0 Å². The number of fused-ring (bicyclic) bond motifs is 2. The van der Waals surface area contributed by atoms with E-state index >= 15 is 0 Å². The number of aromatic hydroxyl groups is 2. The van der Waals surface area contributed by atoms with Gasteiger partial charge in [0.1, 0.15) is 27.6 Å². The first-order valence-electron chi connectivity index (χ1n) is 17.1. The molecule has 4 heteroatoms. The summed E-state index contributed by atoms with van der Waals surface area (Å²) in [5.41, 5.74) is 1.36. The smallest absolute Gasteiger partial charge is 0.150 e. The molecule has 8 aromatic rings. The molecule has 0 bridgehead atoms. The van der Waals surface area contributed by atoms with Gasteiger partial charge in [0, 0.05) is 11.1 Å². The fourth-order valence-corrected chi connectivity index (χ4v) is 15.4. The highest BCUT2D eigenvalue weighted by molar-refractivity contribution is 7.12. The molecular formula is C46H38O2Si2. The molecule has 0 amide bonds. The third-order valence-electron chi connectivity index (χ3n) is 10.8. The lowest BCUT2D eigenvalue weighted by Gasteiger charge is -2.33. The van der Waals surface area contributed by atoms with E-state index in [2.05, 4.69) is 159 Å². The average molecular weight is 679 g/mol. The third kappa shape index (κ3) is 4.99. The van der Waals surface area contributed by atoms with Gasteiger partial charge in [-0.15, -0.1) is 0 Å². The van der Waals surface area contributed by atoms with Crippen LogP contribution >= 0.6 is 0 Å². The standard InChI is InChI=1S/C46H38O2Si2/c1-49(35-21-7-3-8-22-35,36-23-9-4-10-24-36)41-31-33-19-15-17-29-39(33)43(45(41)47)44-40-30-18-16-20-34(40)32-42(46(44)48)50(2,37-25-11-5-12-26-37)38-27-13-6-14-28-38/h3-32,47-48H,1-2H3. The Morgan fingerprint density at radius 2 is 0.600 bits per heavy atom. The Morgan fingerprint density at radius 3 is 0.900 bits per heavy atom. The summed E-state index contributed by atoms with van der Waals surface area (Å²) in [6, 6.07) is 63.4. The third-order valence-corrected chi connectivity index (χ3v) is 19.6. The SMILES string of the molecule is C[Si](c1ccccc1)(c1ccccc1)c1cc2ccccc2c(-c2c(O)c([Si](C)(c3ccccc3)c3ccccc3)cc3ccccc23)c1O. The van der Waals surface area contributed by atoms with Gasteiger partial charge in [-0.3, -0.25) is 0 Å². The first-order chi connectivity index (χ1) is 24.4. The van der Waals surface area contributed by atoms with Crippen LogP contribution in [0.4, 0.5) is 0 Å². The summed E-state index contributed by atoms with van der Waals surface area (Å²) in [6.45, 7) is 4.66. The lowest BCUT2D eigenvalue weighted by atomic mass is 9.92. The second kappa shape index (κ2) is 12.6. The molecule has 2 N–H and O–H groups in total. The minimum absolute atomic E-state index is 0.228. The van der Waals surface area contributed by atoms with Gasteiger partial charge in [0.05, 0.1) is 0 Å². The normalized spacial score (nSPS) is 12.0. The van der Waals surface area contributed by atoms with Crippen molar-refractivity contribution >= 4 is 68.8 Å². The van der Waals surface area contributed by atoms with Gasteiger partial charge in [-0.2, -0.15) is 0 Å². The van der Waals surface area contributed by atoms with E-state index in [0.717, 1.165) is 31.9 Å². The van der Waals surface area contributed by atoms with E-state index < -0.39 is 16.1 Å². The lowest BCUT2D eigenvalue weighted by molar-refractivity contribution is 0.474. The zero-order chi connectivity index (χ0) is 34.3. The molecule has 0 saturated carbocycles. The van der Waals surface area contributed by atoms with Crippen molar-refractivity contribution in [2.24, 2.45) is 0 Å². The highest BCUT2D eigenvalue weighted by Crippen LogP contribution is 2.44. The Hall–Kier alpha value is -5.69. The van der Waals surface area contributed by atoms with E-state index in [-0.39, 0.29) is 11.5 Å². The molecule has 0 heterocycles. The molecule has 0 aliphatic rings. The summed E-state index contributed by atoms with van der Waals surface area (Å²) < 4.78 is 0. The van der Waals surface area contributed by atoms with Crippen molar-refractivity contribution in [3.63, 3.8) is 0 Å². The highest BCUT2D eigenvalue weighted by atomic mass is 28.3. The molecule has 8 aromatic carbocycles. The maximum atomic E-state index is 12.9. The summed E-state index contributed by atoms with van der Waals surface area (Å²) in [5, 5.41) is 36.4. The maximum absolute atomic E-state index is 12.9. The molecule has 242 valence electrons.